The highest BCUT2D eigenvalue weighted by atomic mass is 19.4. The fourth-order valence-electron chi connectivity index (χ4n) is 3.29. The Kier molecular flexibility index (Phi) is 10.3. The Balaban J connectivity index is 1.98. The van der Waals surface area contributed by atoms with Crippen molar-refractivity contribution in [2.24, 2.45) is 0 Å². The van der Waals surface area contributed by atoms with Crippen molar-refractivity contribution in [2.45, 2.75) is 67.0 Å². The van der Waals surface area contributed by atoms with E-state index in [1.165, 1.54) is 12.4 Å². The molecule has 0 saturated carbocycles. The van der Waals surface area contributed by atoms with E-state index in [1.54, 1.807) is 4.57 Å². The Morgan fingerprint density at radius 3 is 1.52 bits per heavy atom. The standard InChI is InChI=1S/C21H18F17NO5/c22-14(23,2-1-13(40)44-6-5-41-4-3-39-9-11-12(10-39)43-8-7-42-11)15(24,25)16(26,27)17(28,29)18(30,31)19(32,33)20(34,35)21(36,37)38/h9-10H,1-8H2. The summed E-state index contributed by atoms with van der Waals surface area (Å²) in [5, 5.41) is 0. The third-order valence-corrected chi connectivity index (χ3v) is 5.82. The van der Waals surface area contributed by atoms with Gasteiger partial charge in [-0.15, -0.1) is 0 Å². The first-order valence-electron chi connectivity index (χ1n) is 11.6. The van der Waals surface area contributed by atoms with Crippen LogP contribution in [0.1, 0.15) is 12.8 Å². The molecular formula is C21H18F17NO5. The van der Waals surface area contributed by atoms with Crippen LogP contribution in [0.5, 0.6) is 11.5 Å². The topological polar surface area (TPSA) is 58.9 Å². The maximum absolute atomic E-state index is 13.9. The molecule has 1 aliphatic rings. The molecule has 0 spiro atoms. The van der Waals surface area contributed by atoms with Crippen molar-refractivity contribution in [2.75, 3.05) is 33.0 Å². The van der Waals surface area contributed by atoms with E-state index in [0.29, 0.717) is 24.7 Å². The van der Waals surface area contributed by atoms with Crippen LogP contribution < -0.4 is 9.47 Å². The number of halogens is 17. The SMILES string of the molecule is O=C(CCC(F)(F)C(F)(F)C(F)(F)C(F)(F)C(F)(F)C(F)(F)C(F)(F)C(F)(F)F)OCCOCCn1cc2c(c1)OCCO2. The summed E-state index contributed by atoms with van der Waals surface area (Å²) in [7, 11) is 0. The average molecular weight is 687 g/mol. The molecule has 23 heteroatoms. The van der Waals surface area contributed by atoms with Crippen LogP contribution in [0, 0.1) is 0 Å². The first-order chi connectivity index (χ1) is 19.7. The van der Waals surface area contributed by atoms with E-state index in [2.05, 4.69) is 4.74 Å². The molecule has 1 aromatic heterocycles. The number of ether oxygens (including phenoxy) is 4. The highest BCUT2D eigenvalue weighted by Gasteiger charge is 2.95. The van der Waals surface area contributed by atoms with Gasteiger partial charge < -0.3 is 23.5 Å². The Morgan fingerprint density at radius 2 is 1.07 bits per heavy atom. The number of hydrogen-bond donors (Lipinski definition) is 0. The zero-order valence-electron chi connectivity index (χ0n) is 21.2. The number of rotatable bonds is 15. The Morgan fingerprint density at radius 1 is 0.636 bits per heavy atom. The molecule has 1 aromatic rings. The lowest BCUT2D eigenvalue weighted by Crippen LogP contribution is -2.74. The summed E-state index contributed by atoms with van der Waals surface area (Å²) in [6.45, 7) is -0.539. The summed E-state index contributed by atoms with van der Waals surface area (Å²) < 4.78 is 247. The molecule has 2 heterocycles. The van der Waals surface area contributed by atoms with Gasteiger partial charge in [0.15, 0.2) is 11.5 Å². The van der Waals surface area contributed by atoms with E-state index in [4.69, 9.17) is 14.2 Å². The summed E-state index contributed by atoms with van der Waals surface area (Å²) in [4.78, 5) is 11.5. The number of carbonyl (C=O) groups excluding carboxylic acids is 1. The molecular weight excluding hydrogens is 669 g/mol. The van der Waals surface area contributed by atoms with Crippen molar-refractivity contribution in [3.8, 4) is 11.5 Å². The van der Waals surface area contributed by atoms with Crippen molar-refractivity contribution in [3.05, 3.63) is 12.4 Å². The van der Waals surface area contributed by atoms with Crippen molar-refractivity contribution in [1.29, 1.82) is 0 Å². The number of nitrogens with zero attached hydrogens (tertiary/aromatic N) is 1. The molecule has 0 atom stereocenters. The second-order valence-electron chi connectivity index (χ2n) is 8.90. The molecule has 0 amide bonds. The number of fused-ring (bicyclic) bond motifs is 1. The van der Waals surface area contributed by atoms with Crippen LogP contribution in [0.4, 0.5) is 74.6 Å². The van der Waals surface area contributed by atoms with Crippen LogP contribution in [0.15, 0.2) is 12.4 Å². The highest BCUT2D eigenvalue weighted by molar-refractivity contribution is 5.69. The summed E-state index contributed by atoms with van der Waals surface area (Å²) in [6, 6.07) is 0. The van der Waals surface area contributed by atoms with Gasteiger partial charge in [-0.1, -0.05) is 0 Å². The smallest absolute Gasteiger partial charge is 0.460 e. The van der Waals surface area contributed by atoms with Crippen LogP contribution in [-0.4, -0.2) is 91.2 Å². The monoisotopic (exact) mass is 687 g/mol. The molecule has 0 N–H and O–H groups in total. The maximum Gasteiger partial charge on any atom is 0.460 e. The van der Waals surface area contributed by atoms with E-state index in [0.717, 1.165) is 0 Å². The molecule has 2 rings (SSSR count). The molecule has 0 bridgehead atoms. The fourth-order valence-corrected chi connectivity index (χ4v) is 3.29. The normalized spacial score (nSPS) is 15.8. The minimum atomic E-state index is -8.71. The minimum Gasteiger partial charge on any atom is -0.485 e. The van der Waals surface area contributed by atoms with E-state index >= 15 is 0 Å². The first-order valence-corrected chi connectivity index (χ1v) is 11.6. The highest BCUT2D eigenvalue weighted by Crippen LogP contribution is 2.64. The van der Waals surface area contributed by atoms with Gasteiger partial charge in [0.05, 0.1) is 32.0 Å². The van der Waals surface area contributed by atoms with Crippen LogP contribution in [-0.2, 0) is 20.8 Å². The largest absolute Gasteiger partial charge is 0.485 e. The predicted octanol–water partition coefficient (Wildman–Crippen LogP) is 6.61. The van der Waals surface area contributed by atoms with E-state index in [-0.39, 0.29) is 13.2 Å². The molecule has 44 heavy (non-hydrogen) atoms. The van der Waals surface area contributed by atoms with Gasteiger partial charge in [-0.3, -0.25) is 4.79 Å². The number of esters is 1. The number of carbonyl (C=O) groups is 1. The molecule has 0 aromatic carbocycles. The zero-order chi connectivity index (χ0) is 34.2. The zero-order valence-corrected chi connectivity index (χ0v) is 21.2. The van der Waals surface area contributed by atoms with Gasteiger partial charge in [0, 0.05) is 13.0 Å². The summed E-state index contributed by atoms with van der Waals surface area (Å²) in [5.74, 6) is -58.1. The quantitative estimate of drug-likeness (QED) is 0.118. The molecule has 256 valence electrons. The van der Waals surface area contributed by atoms with Gasteiger partial charge in [-0.25, -0.2) is 0 Å². The minimum absolute atomic E-state index is 0.0721. The molecule has 6 nitrogen and oxygen atoms in total. The van der Waals surface area contributed by atoms with E-state index < -0.39 is 79.7 Å². The third-order valence-electron chi connectivity index (χ3n) is 5.82. The molecule has 0 aliphatic carbocycles. The van der Waals surface area contributed by atoms with Gasteiger partial charge >= 0.3 is 53.6 Å². The molecule has 0 fully saturated rings. The molecule has 0 radical (unpaired) electrons. The fraction of sp³-hybridized carbons (Fsp3) is 0.762. The first kappa shape index (κ1) is 37.3. The second kappa shape index (κ2) is 12.1. The lowest BCUT2D eigenvalue weighted by Gasteiger charge is -2.42. The Bertz CT molecular complexity index is 1120. The number of alkyl halides is 17. The molecule has 0 unspecified atom stereocenters. The van der Waals surface area contributed by atoms with E-state index in [9.17, 15) is 79.4 Å². The second-order valence-corrected chi connectivity index (χ2v) is 8.90. The lowest BCUT2D eigenvalue weighted by atomic mass is 9.88. The predicted molar refractivity (Wildman–Crippen MR) is 107 cm³/mol. The van der Waals surface area contributed by atoms with Crippen LogP contribution in [0.3, 0.4) is 0 Å². The van der Waals surface area contributed by atoms with Crippen molar-refractivity contribution in [1.82, 2.24) is 4.57 Å². The number of hydrogen-bond acceptors (Lipinski definition) is 5. The summed E-state index contributed by atoms with van der Waals surface area (Å²) in [6.07, 6.45) is -9.65. The molecule has 1 aliphatic heterocycles. The third kappa shape index (κ3) is 6.42. The average Bonchev–Trinajstić information content (AvgIpc) is 3.31. The maximum atomic E-state index is 13.9. The van der Waals surface area contributed by atoms with Crippen LogP contribution in [0.25, 0.3) is 0 Å². The van der Waals surface area contributed by atoms with Gasteiger partial charge in [-0.05, 0) is 0 Å². The van der Waals surface area contributed by atoms with E-state index in [1.807, 2.05) is 0 Å². The van der Waals surface area contributed by atoms with Gasteiger partial charge in [0.2, 0.25) is 0 Å². The number of aromatic nitrogens is 1. The van der Waals surface area contributed by atoms with Gasteiger partial charge in [0.1, 0.15) is 19.8 Å². The Labute approximate surface area is 233 Å². The summed E-state index contributed by atoms with van der Waals surface area (Å²) >= 11 is 0. The summed E-state index contributed by atoms with van der Waals surface area (Å²) in [5.41, 5.74) is 0. The molecule has 0 saturated heterocycles. The van der Waals surface area contributed by atoms with Crippen molar-refractivity contribution >= 4 is 5.97 Å². The van der Waals surface area contributed by atoms with Gasteiger partial charge in [0.25, 0.3) is 0 Å². The van der Waals surface area contributed by atoms with Gasteiger partial charge in [-0.2, -0.15) is 74.6 Å². The van der Waals surface area contributed by atoms with Crippen molar-refractivity contribution < 1.29 is 98.4 Å². The van der Waals surface area contributed by atoms with Crippen molar-refractivity contribution in [3.63, 3.8) is 0 Å². The van der Waals surface area contributed by atoms with Crippen LogP contribution >= 0.6 is 0 Å². The van der Waals surface area contributed by atoms with Crippen LogP contribution in [0.2, 0.25) is 0 Å². The Hall–Kier alpha value is -2.88. The lowest BCUT2D eigenvalue weighted by molar-refractivity contribution is -0.461.